The molecule has 0 aromatic heterocycles. The smallest absolute Gasteiger partial charge is 0.250 e. The highest BCUT2D eigenvalue weighted by atomic mass is 16.5. The summed E-state index contributed by atoms with van der Waals surface area (Å²) in [4.78, 5) is 36.9. The SMILES string of the molecule is COCC(=O)Nc1ccc(NC(=O)CCCN2CCCC2=O)cc1C. The number of amides is 3. The number of hydrogen-bond acceptors (Lipinski definition) is 4. The molecule has 0 atom stereocenters. The third-order valence-corrected chi connectivity index (χ3v) is 4.06. The Balaban J connectivity index is 1.79. The number of anilines is 2. The van der Waals surface area contributed by atoms with Gasteiger partial charge < -0.3 is 20.3 Å². The first-order chi connectivity index (χ1) is 12.0. The molecule has 0 saturated carbocycles. The molecule has 1 aromatic carbocycles. The highest BCUT2D eigenvalue weighted by molar-refractivity contribution is 5.94. The minimum Gasteiger partial charge on any atom is -0.375 e. The molecule has 0 aliphatic carbocycles. The molecule has 0 radical (unpaired) electrons. The first-order valence-electron chi connectivity index (χ1n) is 8.46. The summed E-state index contributed by atoms with van der Waals surface area (Å²) in [7, 11) is 1.46. The van der Waals surface area contributed by atoms with E-state index in [0.29, 0.717) is 37.2 Å². The molecule has 1 aliphatic heterocycles. The van der Waals surface area contributed by atoms with Crippen molar-refractivity contribution in [3.05, 3.63) is 23.8 Å². The molecule has 1 aliphatic rings. The van der Waals surface area contributed by atoms with Crippen molar-refractivity contribution in [2.75, 3.05) is 37.4 Å². The number of methoxy groups -OCH3 is 1. The zero-order valence-electron chi connectivity index (χ0n) is 14.8. The van der Waals surface area contributed by atoms with Crippen molar-refractivity contribution in [3.63, 3.8) is 0 Å². The number of benzene rings is 1. The van der Waals surface area contributed by atoms with Gasteiger partial charge in [-0.25, -0.2) is 0 Å². The molecule has 0 spiro atoms. The Morgan fingerprint density at radius 3 is 2.68 bits per heavy atom. The van der Waals surface area contributed by atoms with Gasteiger partial charge in [-0.2, -0.15) is 0 Å². The van der Waals surface area contributed by atoms with E-state index in [1.165, 1.54) is 7.11 Å². The average molecular weight is 347 g/mol. The Labute approximate surface area is 147 Å². The van der Waals surface area contributed by atoms with Crippen LogP contribution in [0.3, 0.4) is 0 Å². The number of likely N-dealkylation sites (tertiary alicyclic amines) is 1. The molecule has 1 heterocycles. The predicted octanol–water partition coefficient (Wildman–Crippen LogP) is 1.92. The first kappa shape index (κ1) is 18.9. The summed E-state index contributed by atoms with van der Waals surface area (Å²) in [5, 5.41) is 5.59. The van der Waals surface area contributed by atoms with Crippen LogP contribution in [0.15, 0.2) is 18.2 Å². The van der Waals surface area contributed by atoms with Gasteiger partial charge in [0.25, 0.3) is 0 Å². The van der Waals surface area contributed by atoms with Crippen molar-refractivity contribution < 1.29 is 19.1 Å². The van der Waals surface area contributed by atoms with Gasteiger partial charge in [-0.05, 0) is 43.5 Å². The molecule has 136 valence electrons. The Kier molecular flexibility index (Phi) is 6.94. The molecule has 7 heteroatoms. The van der Waals surface area contributed by atoms with Crippen molar-refractivity contribution in [2.45, 2.75) is 32.6 Å². The zero-order chi connectivity index (χ0) is 18.2. The van der Waals surface area contributed by atoms with Crippen LogP contribution in [-0.4, -0.2) is 49.4 Å². The van der Waals surface area contributed by atoms with Crippen molar-refractivity contribution in [2.24, 2.45) is 0 Å². The minimum atomic E-state index is -0.223. The number of nitrogens with one attached hydrogen (secondary N) is 2. The van der Waals surface area contributed by atoms with E-state index >= 15 is 0 Å². The molecular weight excluding hydrogens is 322 g/mol. The van der Waals surface area contributed by atoms with Crippen LogP contribution in [0.4, 0.5) is 11.4 Å². The lowest BCUT2D eigenvalue weighted by atomic mass is 10.1. The van der Waals surface area contributed by atoms with Crippen LogP contribution in [0.5, 0.6) is 0 Å². The number of nitrogens with zero attached hydrogens (tertiary/aromatic N) is 1. The molecular formula is C18H25N3O4. The fourth-order valence-electron chi connectivity index (χ4n) is 2.79. The second-order valence-corrected chi connectivity index (χ2v) is 6.15. The Hall–Kier alpha value is -2.41. The van der Waals surface area contributed by atoms with E-state index in [1.807, 2.05) is 17.9 Å². The van der Waals surface area contributed by atoms with Crippen LogP contribution in [0, 0.1) is 6.92 Å². The third kappa shape index (κ3) is 5.86. The summed E-state index contributed by atoms with van der Waals surface area (Å²) in [5.41, 5.74) is 2.22. The van der Waals surface area contributed by atoms with E-state index in [2.05, 4.69) is 10.6 Å². The first-order valence-corrected chi connectivity index (χ1v) is 8.46. The van der Waals surface area contributed by atoms with Gasteiger partial charge >= 0.3 is 0 Å². The Morgan fingerprint density at radius 1 is 1.24 bits per heavy atom. The number of hydrogen-bond donors (Lipinski definition) is 2. The van der Waals surface area contributed by atoms with Crippen molar-refractivity contribution in [1.29, 1.82) is 0 Å². The maximum Gasteiger partial charge on any atom is 0.250 e. The lowest BCUT2D eigenvalue weighted by Gasteiger charge is -2.15. The van der Waals surface area contributed by atoms with E-state index in [4.69, 9.17) is 4.74 Å². The molecule has 0 bridgehead atoms. The molecule has 1 saturated heterocycles. The summed E-state index contributed by atoms with van der Waals surface area (Å²) in [6.45, 7) is 3.29. The molecule has 1 aromatic rings. The molecule has 3 amide bonds. The van der Waals surface area contributed by atoms with Crippen LogP contribution in [0.2, 0.25) is 0 Å². The largest absolute Gasteiger partial charge is 0.375 e. The van der Waals surface area contributed by atoms with Crippen LogP contribution in [-0.2, 0) is 19.1 Å². The van der Waals surface area contributed by atoms with Crippen molar-refractivity contribution in [1.82, 2.24) is 4.90 Å². The highest BCUT2D eigenvalue weighted by Crippen LogP contribution is 2.20. The standard InChI is InChI=1S/C18H25N3O4/c1-13-11-14(7-8-15(13)20-17(23)12-25-2)19-16(22)5-3-9-21-10-4-6-18(21)24/h7-8,11H,3-6,9-10,12H2,1-2H3,(H,19,22)(H,20,23). The quantitative estimate of drug-likeness (QED) is 0.752. The van der Waals surface area contributed by atoms with E-state index in [-0.39, 0.29) is 24.3 Å². The fourth-order valence-corrected chi connectivity index (χ4v) is 2.79. The highest BCUT2D eigenvalue weighted by Gasteiger charge is 2.19. The lowest BCUT2D eigenvalue weighted by molar-refractivity contribution is -0.128. The van der Waals surface area contributed by atoms with Gasteiger partial charge in [0.1, 0.15) is 6.61 Å². The van der Waals surface area contributed by atoms with Crippen LogP contribution in [0.1, 0.15) is 31.2 Å². The maximum absolute atomic E-state index is 12.0. The van der Waals surface area contributed by atoms with Gasteiger partial charge in [-0.3, -0.25) is 14.4 Å². The molecule has 0 unspecified atom stereocenters. The lowest BCUT2D eigenvalue weighted by Crippen LogP contribution is -2.26. The third-order valence-electron chi connectivity index (χ3n) is 4.06. The van der Waals surface area contributed by atoms with Gasteiger partial charge in [0.15, 0.2) is 0 Å². The second kappa shape index (κ2) is 9.17. The number of ether oxygens (including phenoxy) is 1. The van der Waals surface area contributed by atoms with Crippen molar-refractivity contribution >= 4 is 29.1 Å². The summed E-state index contributed by atoms with van der Waals surface area (Å²) >= 11 is 0. The number of carbonyl (C=O) groups excluding carboxylic acids is 3. The molecule has 2 rings (SSSR count). The van der Waals surface area contributed by atoms with E-state index in [9.17, 15) is 14.4 Å². The number of aryl methyl sites for hydroxylation is 1. The second-order valence-electron chi connectivity index (χ2n) is 6.15. The summed E-state index contributed by atoms with van der Waals surface area (Å²) in [5.74, 6) is -0.122. The van der Waals surface area contributed by atoms with Crippen LogP contribution >= 0.6 is 0 Å². The van der Waals surface area contributed by atoms with Gasteiger partial charge in [-0.1, -0.05) is 0 Å². The fraction of sp³-hybridized carbons (Fsp3) is 0.500. The van der Waals surface area contributed by atoms with Crippen LogP contribution in [0.25, 0.3) is 0 Å². The number of rotatable bonds is 8. The van der Waals surface area contributed by atoms with E-state index in [0.717, 1.165) is 18.5 Å². The monoisotopic (exact) mass is 347 g/mol. The molecule has 2 N–H and O–H groups in total. The molecule has 7 nitrogen and oxygen atoms in total. The topological polar surface area (TPSA) is 87.7 Å². The van der Waals surface area contributed by atoms with Crippen molar-refractivity contribution in [3.8, 4) is 0 Å². The van der Waals surface area contributed by atoms with Gasteiger partial charge in [0.2, 0.25) is 17.7 Å². The van der Waals surface area contributed by atoms with Crippen LogP contribution < -0.4 is 10.6 Å². The minimum absolute atomic E-state index is 0.00253. The summed E-state index contributed by atoms with van der Waals surface area (Å²) in [6.07, 6.45) is 2.56. The normalized spacial score (nSPS) is 13.8. The zero-order valence-corrected chi connectivity index (χ0v) is 14.8. The van der Waals surface area contributed by atoms with E-state index in [1.54, 1.807) is 12.1 Å². The Morgan fingerprint density at radius 2 is 2.04 bits per heavy atom. The maximum atomic E-state index is 12.0. The van der Waals surface area contributed by atoms with Gasteiger partial charge in [0, 0.05) is 44.4 Å². The number of carbonyl (C=O) groups is 3. The van der Waals surface area contributed by atoms with Gasteiger partial charge in [0.05, 0.1) is 0 Å². The molecule has 25 heavy (non-hydrogen) atoms. The predicted molar refractivity (Wildman–Crippen MR) is 95.4 cm³/mol. The van der Waals surface area contributed by atoms with Gasteiger partial charge in [-0.15, -0.1) is 0 Å². The summed E-state index contributed by atoms with van der Waals surface area (Å²) < 4.78 is 4.78. The molecule has 1 fully saturated rings. The van der Waals surface area contributed by atoms with E-state index < -0.39 is 0 Å². The summed E-state index contributed by atoms with van der Waals surface area (Å²) in [6, 6.07) is 5.31. The Bertz CT molecular complexity index is 645. The average Bonchev–Trinajstić information content (AvgIpc) is 2.95.